The van der Waals surface area contributed by atoms with Crippen molar-refractivity contribution in [3.8, 4) is 0 Å². The predicted molar refractivity (Wildman–Crippen MR) is 87.0 cm³/mol. The summed E-state index contributed by atoms with van der Waals surface area (Å²) >= 11 is 0. The highest BCUT2D eigenvalue weighted by Crippen LogP contribution is 2.17. The molecule has 116 valence electrons. The van der Waals surface area contributed by atoms with Crippen LogP contribution in [-0.2, 0) is 11.2 Å². The minimum Gasteiger partial charge on any atom is -0.368 e. The van der Waals surface area contributed by atoms with Crippen LogP contribution >= 0.6 is 0 Å². The Balaban J connectivity index is 1.58. The van der Waals surface area contributed by atoms with Gasteiger partial charge in [-0.05, 0) is 26.0 Å². The third-order valence-corrected chi connectivity index (χ3v) is 4.36. The first-order valence-corrected chi connectivity index (χ1v) is 7.73. The smallest absolute Gasteiger partial charge is 0.227 e. The van der Waals surface area contributed by atoms with Crippen LogP contribution in [0.5, 0.6) is 0 Å². The summed E-state index contributed by atoms with van der Waals surface area (Å²) in [6.45, 7) is 7.25. The zero-order chi connectivity index (χ0) is 15.5. The lowest BCUT2D eigenvalue weighted by atomic mass is 10.1. The Kier molecular flexibility index (Phi) is 4.13. The lowest BCUT2D eigenvalue weighted by Gasteiger charge is -2.36. The molecule has 1 saturated heterocycles. The van der Waals surface area contributed by atoms with E-state index in [9.17, 15) is 4.79 Å². The number of aryl methyl sites for hydroxylation is 2. The Hall–Kier alpha value is -2.30. The van der Waals surface area contributed by atoms with Gasteiger partial charge in [0.05, 0.1) is 12.1 Å². The van der Waals surface area contributed by atoms with Crippen LogP contribution in [0.25, 0.3) is 0 Å². The molecule has 1 fully saturated rings. The van der Waals surface area contributed by atoms with Crippen LogP contribution in [0.15, 0.2) is 30.3 Å². The second-order valence-electron chi connectivity index (χ2n) is 5.79. The molecule has 5 heteroatoms. The Morgan fingerprint density at radius 3 is 2.41 bits per heavy atom. The predicted octanol–water partition coefficient (Wildman–Crippen LogP) is 1.92. The minimum absolute atomic E-state index is 0.195. The fourth-order valence-corrected chi connectivity index (χ4v) is 2.95. The number of nitrogens with one attached hydrogen (secondary N) is 1. The summed E-state index contributed by atoms with van der Waals surface area (Å²) in [7, 11) is 0. The first-order chi connectivity index (χ1) is 10.6. The van der Waals surface area contributed by atoms with Crippen molar-refractivity contribution in [2.75, 3.05) is 31.1 Å². The van der Waals surface area contributed by atoms with Crippen molar-refractivity contribution < 1.29 is 4.79 Å². The standard InChI is InChI=1S/C17H22N4O/c1-13-16(14(2)19-18-13)12-17(22)21-10-8-20(9-11-21)15-6-4-3-5-7-15/h3-7H,8-12H2,1-2H3,(H,18,19). The summed E-state index contributed by atoms with van der Waals surface area (Å²) in [5, 5.41) is 7.11. The lowest BCUT2D eigenvalue weighted by Crippen LogP contribution is -2.49. The monoisotopic (exact) mass is 298 g/mol. The van der Waals surface area contributed by atoms with Gasteiger partial charge in [-0.3, -0.25) is 9.89 Å². The number of hydrogen-bond acceptors (Lipinski definition) is 3. The van der Waals surface area contributed by atoms with Crippen molar-refractivity contribution in [2.45, 2.75) is 20.3 Å². The van der Waals surface area contributed by atoms with Gasteiger partial charge >= 0.3 is 0 Å². The zero-order valence-corrected chi connectivity index (χ0v) is 13.2. The number of aromatic nitrogens is 2. The van der Waals surface area contributed by atoms with E-state index in [2.05, 4.69) is 39.4 Å². The third-order valence-electron chi connectivity index (χ3n) is 4.36. The molecule has 5 nitrogen and oxygen atoms in total. The molecule has 0 saturated carbocycles. The molecule has 3 rings (SSSR count). The number of nitrogens with zero attached hydrogens (tertiary/aromatic N) is 3. The fraction of sp³-hybridized carbons (Fsp3) is 0.412. The van der Waals surface area contributed by atoms with Crippen LogP contribution < -0.4 is 4.90 Å². The number of amides is 1. The topological polar surface area (TPSA) is 52.2 Å². The van der Waals surface area contributed by atoms with E-state index in [0.29, 0.717) is 6.42 Å². The van der Waals surface area contributed by atoms with Crippen molar-refractivity contribution >= 4 is 11.6 Å². The quantitative estimate of drug-likeness (QED) is 0.942. The summed E-state index contributed by atoms with van der Waals surface area (Å²) in [6, 6.07) is 10.4. The van der Waals surface area contributed by atoms with E-state index in [4.69, 9.17) is 0 Å². The van der Waals surface area contributed by atoms with Gasteiger partial charge < -0.3 is 9.80 Å². The van der Waals surface area contributed by atoms with Gasteiger partial charge in [-0.25, -0.2) is 0 Å². The molecular formula is C17H22N4O. The van der Waals surface area contributed by atoms with Crippen LogP contribution in [0.1, 0.15) is 17.0 Å². The first kappa shape index (κ1) is 14.6. The van der Waals surface area contributed by atoms with Gasteiger partial charge in [0.25, 0.3) is 0 Å². The molecule has 1 aliphatic rings. The maximum Gasteiger partial charge on any atom is 0.227 e. The lowest BCUT2D eigenvalue weighted by molar-refractivity contribution is -0.130. The average molecular weight is 298 g/mol. The number of para-hydroxylation sites is 1. The number of hydrogen-bond donors (Lipinski definition) is 1. The number of anilines is 1. The Morgan fingerprint density at radius 1 is 1.14 bits per heavy atom. The molecule has 0 unspecified atom stereocenters. The van der Waals surface area contributed by atoms with Crippen molar-refractivity contribution in [2.24, 2.45) is 0 Å². The van der Waals surface area contributed by atoms with Gasteiger partial charge in [-0.1, -0.05) is 18.2 Å². The normalized spacial score (nSPS) is 15.2. The van der Waals surface area contributed by atoms with Crippen LogP contribution in [0.2, 0.25) is 0 Å². The van der Waals surface area contributed by atoms with Gasteiger partial charge in [-0.2, -0.15) is 5.10 Å². The van der Waals surface area contributed by atoms with E-state index in [1.165, 1.54) is 5.69 Å². The molecular weight excluding hydrogens is 276 g/mol. The molecule has 0 aliphatic carbocycles. The Bertz CT molecular complexity index is 622. The molecule has 1 N–H and O–H groups in total. The van der Waals surface area contributed by atoms with E-state index < -0.39 is 0 Å². The third kappa shape index (κ3) is 2.98. The van der Waals surface area contributed by atoms with Gasteiger partial charge in [0.2, 0.25) is 5.91 Å². The summed E-state index contributed by atoms with van der Waals surface area (Å²) in [5.41, 5.74) is 4.19. The molecule has 0 bridgehead atoms. The van der Waals surface area contributed by atoms with Gasteiger partial charge in [0.15, 0.2) is 0 Å². The highest BCUT2D eigenvalue weighted by Gasteiger charge is 2.22. The number of rotatable bonds is 3. The SMILES string of the molecule is Cc1n[nH]c(C)c1CC(=O)N1CCN(c2ccccc2)CC1. The molecule has 1 aliphatic heterocycles. The van der Waals surface area contributed by atoms with Crippen molar-refractivity contribution in [3.05, 3.63) is 47.3 Å². The highest BCUT2D eigenvalue weighted by molar-refractivity contribution is 5.79. The number of benzene rings is 1. The molecule has 1 amide bonds. The van der Waals surface area contributed by atoms with E-state index in [-0.39, 0.29) is 5.91 Å². The summed E-state index contributed by atoms with van der Waals surface area (Å²) < 4.78 is 0. The molecule has 1 aromatic carbocycles. The summed E-state index contributed by atoms with van der Waals surface area (Å²) in [5.74, 6) is 0.195. The molecule has 2 aromatic rings. The maximum atomic E-state index is 12.5. The van der Waals surface area contributed by atoms with Crippen LogP contribution in [-0.4, -0.2) is 47.2 Å². The summed E-state index contributed by atoms with van der Waals surface area (Å²) in [4.78, 5) is 16.8. The van der Waals surface area contributed by atoms with E-state index in [1.807, 2.05) is 24.8 Å². The Morgan fingerprint density at radius 2 is 1.82 bits per heavy atom. The second-order valence-corrected chi connectivity index (χ2v) is 5.79. The van der Waals surface area contributed by atoms with Gasteiger partial charge in [0.1, 0.15) is 0 Å². The largest absolute Gasteiger partial charge is 0.368 e. The average Bonchev–Trinajstić information content (AvgIpc) is 2.88. The first-order valence-electron chi connectivity index (χ1n) is 7.73. The molecule has 0 radical (unpaired) electrons. The molecule has 2 heterocycles. The number of aromatic amines is 1. The van der Waals surface area contributed by atoms with Crippen LogP contribution in [0.3, 0.4) is 0 Å². The van der Waals surface area contributed by atoms with Gasteiger partial charge in [0, 0.05) is 43.1 Å². The van der Waals surface area contributed by atoms with Crippen molar-refractivity contribution in [3.63, 3.8) is 0 Å². The minimum atomic E-state index is 0.195. The molecule has 22 heavy (non-hydrogen) atoms. The van der Waals surface area contributed by atoms with Crippen LogP contribution in [0.4, 0.5) is 5.69 Å². The zero-order valence-electron chi connectivity index (χ0n) is 13.2. The number of carbonyl (C=O) groups is 1. The molecule has 0 spiro atoms. The second kappa shape index (κ2) is 6.22. The van der Waals surface area contributed by atoms with E-state index in [1.54, 1.807) is 0 Å². The number of H-pyrrole nitrogens is 1. The van der Waals surface area contributed by atoms with Crippen molar-refractivity contribution in [1.82, 2.24) is 15.1 Å². The van der Waals surface area contributed by atoms with Crippen molar-refractivity contribution in [1.29, 1.82) is 0 Å². The Labute approximate surface area is 130 Å². The van der Waals surface area contributed by atoms with E-state index >= 15 is 0 Å². The maximum absolute atomic E-state index is 12.5. The number of carbonyl (C=O) groups excluding carboxylic acids is 1. The fourth-order valence-electron chi connectivity index (χ4n) is 2.95. The van der Waals surface area contributed by atoms with Crippen LogP contribution in [0, 0.1) is 13.8 Å². The highest BCUT2D eigenvalue weighted by atomic mass is 16.2. The number of piperazine rings is 1. The summed E-state index contributed by atoms with van der Waals surface area (Å²) in [6.07, 6.45) is 0.444. The molecule has 1 aromatic heterocycles. The molecule has 0 atom stereocenters. The van der Waals surface area contributed by atoms with E-state index in [0.717, 1.165) is 43.1 Å². The van der Waals surface area contributed by atoms with Gasteiger partial charge in [-0.15, -0.1) is 0 Å².